The standard InChI is InChI=1S/C23H33ClN5O9PS/c1-21-3-12-4-22(2,7-21)9-23(5-12,8-21)28-17-14-18(27-20(24)26-17)29(10-25-14)19-16(31)15(30)13(38-19)6-37-39(32,33)11-40(34,35)36/h10,12-13,15-16,19,30-31H,3-9,11H2,1-2H3,(H,32,33)(H,26,27,28)(H,34,35,36)/t12-,13-,15+,16+,19-,21+,22-,23-/m1/s1. The number of rotatable bonds is 8. The summed E-state index contributed by atoms with van der Waals surface area (Å²) in [4.78, 5) is 23.0. The normalized spacial score (nSPS) is 40.5. The van der Waals surface area contributed by atoms with Crippen molar-refractivity contribution in [2.75, 3.05) is 17.4 Å². The van der Waals surface area contributed by atoms with E-state index in [0.29, 0.717) is 17.3 Å². The van der Waals surface area contributed by atoms with E-state index in [1.807, 2.05) is 0 Å². The summed E-state index contributed by atoms with van der Waals surface area (Å²) in [5.41, 5.74) is -0.501. The van der Waals surface area contributed by atoms with Crippen molar-refractivity contribution in [3.63, 3.8) is 0 Å². The van der Waals surface area contributed by atoms with Crippen molar-refractivity contribution < 1.29 is 41.9 Å². The first kappa shape index (κ1) is 28.7. The van der Waals surface area contributed by atoms with Gasteiger partial charge in [-0.2, -0.15) is 18.4 Å². The van der Waals surface area contributed by atoms with E-state index >= 15 is 0 Å². The molecule has 1 aliphatic heterocycles. The molecular weight excluding hydrogens is 589 g/mol. The topological polar surface area (TPSA) is 206 Å². The number of aromatic nitrogens is 4. The Morgan fingerprint density at radius 1 is 1.18 bits per heavy atom. The highest BCUT2D eigenvalue weighted by Crippen LogP contribution is 2.67. The third-order valence-corrected chi connectivity index (χ3v) is 12.1. The average Bonchev–Trinajstić information content (AvgIpc) is 3.29. The van der Waals surface area contributed by atoms with Crippen LogP contribution in [0.15, 0.2) is 6.33 Å². The first-order chi connectivity index (χ1) is 18.5. The van der Waals surface area contributed by atoms with Crippen molar-refractivity contribution in [2.45, 2.75) is 82.5 Å². The fraction of sp³-hybridized carbons (Fsp3) is 0.783. The number of halogens is 1. The first-order valence-electron chi connectivity index (χ1n) is 13.1. The number of fused-ring (bicyclic) bond motifs is 1. The molecule has 9 atom stereocenters. The van der Waals surface area contributed by atoms with Crippen molar-refractivity contribution >= 4 is 46.3 Å². The molecule has 4 bridgehead atoms. The predicted molar refractivity (Wildman–Crippen MR) is 142 cm³/mol. The molecule has 4 saturated carbocycles. The summed E-state index contributed by atoms with van der Waals surface area (Å²) in [6.07, 6.45) is 2.51. The quantitative estimate of drug-likeness (QED) is 0.163. The molecule has 5 N–H and O–H groups in total. The lowest BCUT2D eigenvalue weighted by Gasteiger charge is -2.65. The maximum absolute atomic E-state index is 12.0. The van der Waals surface area contributed by atoms with Gasteiger partial charge in [0, 0.05) is 5.54 Å². The highest BCUT2D eigenvalue weighted by molar-refractivity contribution is 7.92. The molecule has 1 saturated heterocycles. The number of hydrogen-bond donors (Lipinski definition) is 5. The molecular formula is C23H33ClN5O9PS. The van der Waals surface area contributed by atoms with E-state index in [1.165, 1.54) is 30.2 Å². The fourth-order valence-corrected chi connectivity index (χ4v) is 11.0. The van der Waals surface area contributed by atoms with Crippen LogP contribution in [0, 0.1) is 16.7 Å². The SMILES string of the molecule is C[C@]12C[C@@H]3C[C@](C)(C1)C[C@@](Nc1nc(Cl)nc4c1ncn4[C@@H]1O[C@H](COP(=O)(O)CS(=O)(=O)O)[C@H](O)[C@@H]1O)(C3)C2. The van der Waals surface area contributed by atoms with Gasteiger partial charge in [0.25, 0.3) is 10.1 Å². The van der Waals surface area contributed by atoms with Gasteiger partial charge in [-0.05, 0) is 66.9 Å². The minimum absolute atomic E-state index is 0.0433. The van der Waals surface area contributed by atoms with Crippen LogP contribution in [0.1, 0.15) is 58.6 Å². The molecule has 0 spiro atoms. The lowest BCUT2D eigenvalue weighted by molar-refractivity contribution is -0.0973. The Hall–Kier alpha value is -1.42. The monoisotopic (exact) mass is 621 g/mol. The summed E-state index contributed by atoms with van der Waals surface area (Å²) in [6, 6.07) is 0. The van der Waals surface area contributed by atoms with Crippen molar-refractivity contribution in [3.8, 4) is 0 Å². The zero-order valence-corrected chi connectivity index (χ0v) is 24.4. The van der Waals surface area contributed by atoms with Crippen molar-refractivity contribution in [2.24, 2.45) is 16.7 Å². The minimum atomic E-state index is -4.79. The van der Waals surface area contributed by atoms with Gasteiger partial charge in [0.1, 0.15) is 18.3 Å². The van der Waals surface area contributed by atoms with Gasteiger partial charge in [0.15, 0.2) is 28.7 Å². The van der Waals surface area contributed by atoms with E-state index in [9.17, 15) is 28.1 Å². The maximum atomic E-state index is 12.0. The van der Waals surface area contributed by atoms with Gasteiger partial charge in [-0.1, -0.05) is 13.8 Å². The number of ether oxygens (including phenoxy) is 1. The summed E-state index contributed by atoms with van der Waals surface area (Å²) >= 11 is 6.34. The van der Waals surface area contributed by atoms with E-state index in [0.717, 1.165) is 19.3 Å². The summed E-state index contributed by atoms with van der Waals surface area (Å²) in [5, 5.41) is 24.9. The van der Waals surface area contributed by atoms with Crippen LogP contribution >= 0.6 is 19.2 Å². The van der Waals surface area contributed by atoms with Crippen LogP contribution in [0.25, 0.3) is 11.2 Å². The number of imidazole rings is 1. The van der Waals surface area contributed by atoms with Crippen molar-refractivity contribution in [3.05, 3.63) is 11.6 Å². The summed E-state index contributed by atoms with van der Waals surface area (Å²) < 4.78 is 54.6. The van der Waals surface area contributed by atoms with Gasteiger partial charge in [-0.3, -0.25) is 13.7 Å². The number of aliphatic hydroxyl groups excluding tert-OH is 2. The molecule has 5 fully saturated rings. The van der Waals surface area contributed by atoms with Crippen LogP contribution in [0.5, 0.6) is 0 Å². The van der Waals surface area contributed by atoms with Crippen molar-refractivity contribution in [1.29, 1.82) is 0 Å². The molecule has 2 aromatic heterocycles. The van der Waals surface area contributed by atoms with Crippen LogP contribution in [-0.4, -0.2) is 83.5 Å². The Balaban J connectivity index is 1.25. The maximum Gasteiger partial charge on any atom is 0.345 e. The fourth-order valence-electron chi connectivity index (χ4n) is 8.53. The molecule has 40 heavy (non-hydrogen) atoms. The van der Waals surface area contributed by atoms with Crippen LogP contribution in [0.2, 0.25) is 5.28 Å². The summed E-state index contributed by atoms with van der Waals surface area (Å²) in [6.45, 7) is 4.01. The predicted octanol–water partition coefficient (Wildman–Crippen LogP) is 2.31. The highest BCUT2D eigenvalue weighted by Gasteiger charge is 2.60. The summed E-state index contributed by atoms with van der Waals surface area (Å²) in [5.74, 6) is 1.11. The van der Waals surface area contributed by atoms with Crippen molar-refractivity contribution in [1.82, 2.24) is 19.5 Å². The van der Waals surface area contributed by atoms with Crippen LogP contribution in [0.4, 0.5) is 5.82 Å². The molecule has 0 radical (unpaired) electrons. The number of nitrogens with one attached hydrogen (secondary N) is 1. The zero-order chi connectivity index (χ0) is 28.9. The largest absolute Gasteiger partial charge is 0.387 e. The minimum Gasteiger partial charge on any atom is -0.387 e. The van der Waals surface area contributed by atoms with Gasteiger partial charge in [-0.25, -0.2) is 4.98 Å². The second-order valence-electron chi connectivity index (χ2n) is 12.9. The molecule has 5 aliphatic rings. The Kier molecular flexibility index (Phi) is 6.66. The van der Waals surface area contributed by atoms with E-state index in [-0.39, 0.29) is 27.3 Å². The third kappa shape index (κ3) is 5.29. The Bertz CT molecular complexity index is 1490. The third-order valence-electron chi connectivity index (χ3n) is 8.78. The smallest absolute Gasteiger partial charge is 0.345 e. The Labute approximate surface area is 235 Å². The van der Waals surface area contributed by atoms with Crippen LogP contribution in [0.3, 0.4) is 0 Å². The Morgan fingerprint density at radius 3 is 2.48 bits per heavy atom. The molecule has 2 aromatic rings. The first-order valence-corrected chi connectivity index (χ1v) is 16.8. The molecule has 3 heterocycles. The van der Waals surface area contributed by atoms with Crippen LogP contribution < -0.4 is 5.32 Å². The van der Waals surface area contributed by atoms with E-state index < -0.39 is 54.4 Å². The number of aliphatic hydroxyl groups is 2. The van der Waals surface area contributed by atoms with Gasteiger partial charge in [0.2, 0.25) is 5.28 Å². The lowest BCUT2D eigenvalue weighted by atomic mass is 9.43. The lowest BCUT2D eigenvalue weighted by Crippen LogP contribution is -2.61. The van der Waals surface area contributed by atoms with E-state index in [2.05, 4.69) is 34.1 Å². The highest BCUT2D eigenvalue weighted by atomic mass is 35.5. The molecule has 222 valence electrons. The molecule has 7 rings (SSSR count). The average molecular weight is 622 g/mol. The van der Waals surface area contributed by atoms with Gasteiger partial charge < -0.3 is 29.7 Å². The number of hydrogen-bond acceptors (Lipinski definition) is 11. The van der Waals surface area contributed by atoms with Gasteiger partial charge in [0.05, 0.1) is 12.9 Å². The summed E-state index contributed by atoms with van der Waals surface area (Å²) in [7, 11) is -9.55. The van der Waals surface area contributed by atoms with Crippen LogP contribution in [-0.2, 0) is 23.9 Å². The molecule has 0 amide bonds. The number of anilines is 1. The second-order valence-corrected chi connectivity index (χ2v) is 17.0. The molecule has 1 unspecified atom stereocenters. The molecule has 0 aromatic carbocycles. The van der Waals surface area contributed by atoms with E-state index in [1.54, 1.807) is 0 Å². The second kappa shape index (κ2) is 9.29. The zero-order valence-electron chi connectivity index (χ0n) is 22.0. The molecule has 14 nitrogen and oxygen atoms in total. The van der Waals surface area contributed by atoms with Gasteiger partial charge >= 0.3 is 7.60 Å². The van der Waals surface area contributed by atoms with E-state index in [4.69, 9.17) is 25.4 Å². The molecule has 4 aliphatic carbocycles. The molecule has 17 heteroatoms. The Morgan fingerprint density at radius 2 is 1.85 bits per heavy atom. The van der Waals surface area contributed by atoms with Gasteiger partial charge in [-0.15, -0.1) is 0 Å². The number of nitrogens with zero attached hydrogens (tertiary/aromatic N) is 4.